The summed E-state index contributed by atoms with van der Waals surface area (Å²) in [5.74, 6) is 0. The Kier molecular flexibility index (Phi) is 3.60. The Hall–Kier alpha value is -0.910. The summed E-state index contributed by atoms with van der Waals surface area (Å²) in [7, 11) is 0. The van der Waals surface area contributed by atoms with Crippen LogP contribution >= 0.6 is 23.3 Å². The number of halogens is 1. The van der Waals surface area contributed by atoms with Gasteiger partial charge in [-0.15, -0.1) is 0 Å². The minimum absolute atomic E-state index is 0.511. The van der Waals surface area contributed by atoms with Crippen LogP contribution in [0.15, 0.2) is 12.1 Å². The third-order valence-electron chi connectivity index (χ3n) is 3.43. The van der Waals surface area contributed by atoms with Crippen LogP contribution in [0, 0.1) is 0 Å². The predicted octanol–water partition coefficient (Wildman–Crippen LogP) is 2.92. The molecule has 4 nitrogen and oxygen atoms in total. The van der Waals surface area contributed by atoms with Crippen molar-refractivity contribution in [2.24, 2.45) is 0 Å². The van der Waals surface area contributed by atoms with Crippen LogP contribution in [0.5, 0.6) is 0 Å². The normalized spacial score (nSPS) is 19.8. The molecule has 1 aliphatic heterocycles. The molecule has 1 N–H and O–H groups in total. The van der Waals surface area contributed by atoms with Gasteiger partial charge in [-0.05, 0) is 18.6 Å². The summed E-state index contributed by atoms with van der Waals surface area (Å²) in [5, 5.41) is 4.35. The summed E-state index contributed by atoms with van der Waals surface area (Å²) in [4.78, 5) is 2.33. The number of hydrogen-bond donors (Lipinski definition) is 1. The number of aromatic nitrogens is 2. The maximum atomic E-state index is 6.37. The van der Waals surface area contributed by atoms with Gasteiger partial charge in [0.1, 0.15) is 11.0 Å². The van der Waals surface area contributed by atoms with Gasteiger partial charge in [0.15, 0.2) is 0 Å². The first-order valence-electron chi connectivity index (χ1n) is 6.57. The third kappa shape index (κ3) is 2.55. The van der Waals surface area contributed by atoms with Gasteiger partial charge in [-0.25, -0.2) is 0 Å². The SMILES string of the molecule is CC(C)NC1CCN(c2c(Cl)ccc3nsnc23)C1. The lowest BCUT2D eigenvalue weighted by Crippen LogP contribution is -2.37. The first kappa shape index (κ1) is 13.1. The Morgan fingerprint density at radius 1 is 1.42 bits per heavy atom. The van der Waals surface area contributed by atoms with Gasteiger partial charge in [0, 0.05) is 25.2 Å². The highest BCUT2D eigenvalue weighted by Gasteiger charge is 2.26. The zero-order chi connectivity index (χ0) is 13.4. The molecule has 1 fully saturated rings. The molecule has 1 unspecified atom stereocenters. The molecule has 1 aliphatic rings. The van der Waals surface area contributed by atoms with Crippen molar-refractivity contribution in [2.75, 3.05) is 18.0 Å². The van der Waals surface area contributed by atoms with E-state index in [4.69, 9.17) is 11.6 Å². The number of nitrogens with zero attached hydrogens (tertiary/aromatic N) is 3. The van der Waals surface area contributed by atoms with Gasteiger partial charge in [-0.2, -0.15) is 8.75 Å². The number of benzene rings is 1. The number of anilines is 1. The number of hydrogen-bond acceptors (Lipinski definition) is 5. The Bertz CT molecular complexity index is 583. The van der Waals surface area contributed by atoms with E-state index in [1.807, 2.05) is 12.1 Å². The predicted molar refractivity (Wildman–Crippen MR) is 81.3 cm³/mol. The zero-order valence-corrected chi connectivity index (χ0v) is 12.6. The molecule has 102 valence electrons. The smallest absolute Gasteiger partial charge is 0.129 e. The second-order valence-electron chi connectivity index (χ2n) is 5.28. The number of nitrogens with one attached hydrogen (secondary N) is 1. The van der Waals surface area contributed by atoms with E-state index >= 15 is 0 Å². The topological polar surface area (TPSA) is 41.0 Å². The van der Waals surface area contributed by atoms with E-state index in [1.165, 1.54) is 11.7 Å². The monoisotopic (exact) mass is 296 g/mol. The maximum absolute atomic E-state index is 6.37. The van der Waals surface area contributed by atoms with Crippen molar-refractivity contribution in [3.63, 3.8) is 0 Å². The second-order valence-corrected chi connectivity index (χ2v) is 6.22. The first-order chi connectivity index (χ1) is 9.15. The molecule has 2 heterocycles. The largest absolute Gasteiger partial charge is 0.367 e. The molecule has 6 heteroatoms. The molecular weight excluding hydrogens is 280 g/mol. The van der Waals surface area contributed by atoms with Crippen molar-refractivity contribution in [2.45, 2.75) is 32.4 Å². The first-order valence-corrected chi connectivity index (χ1v) is 7.67. The van der Waals surface area contributed by atoms with Crippen molar-refractivity contribution in [1.29, 1.82) is 0 Å². The van der Waals surface area contributed by atoms with Crippen molar-refractivity contribution < 1.29 is 0 Å². The fourth-order valence-electron chi connectivity index (χ4n) is 2.68. The van der Waals surface area contributed by atoms with Crippen molar-refractivity contribution >= 4 is 40.0 Å². The molecule has 0 bridgehead atoms. The second kappa shape index (κ2) is 5.23. The van der Waals surface area contributed by atoms with Crippen LogP contribution in [0.4, 0.5) is 5.69 Å². The number of rotatable bonds is 3. The summed E-state index contributed by atoms with van der Waals surface area (Å²) in [6.45, 7) is 6.36. The molecule has 0 saturated carbocycles. The lowest BCUT2D eigenvalue weighted by Gasteiger charge is -2.21. The average molecular weight is 297 g/mol. The molecule has 0 amide bonds. The molecule has 1 saturated heterocycles. The fourth-order valence-corrected chi connectivity index (χ4v) is 3.49. The average Bonchev–Trinajstić information content (AvgIpc) is 2.97. The quantitative estimate of drug-likeness (QED) is 0.945. The van der Waals surface area contributed by atoms with Gasteiger partial charge in [0.05, 0.1) is 22.4 Å². The summed E-state index contributed by atoms with van der Waals surface area (Å²) in [6.07, 6.45) is 1.14. The summed E-state index contributed by atoms with van der Waals surface area (Å²) in [5.41, 5.74) is 2.91. The van der Waals surface area contributed by atoms with Crippen molar-refractivity contribution in [3.8, 4) is 0 Å². The van der Waals surface area contributed by atoms with Crippen LogP contribution in [0.1, 0.15) is 20.3 Å². The van der Waals surface area contributed by atoms with Crippen molar-refractivity contribution in [3.05, 3.63) is 17.2 Å². The highest BCUT2D eigenvalue weighted by Crippen LogP contribution is 2.35. The molecule has 3 rings (SSSR count). The molecule has 1 atom stereocenters. The lowest BCUT2D eigenvalue weighted by molar-refractivity contribution is 0.492. The van der Waals surface area contributed by atoms with Crippen LogP contribution in [0.25, 0.3) is 11.0 Å². The minimum atomic E-state index is 0.511. The van der Waals surface area contributed by atoms with E-state index in [9.17, 15) is 0 Å². The van der Waals surface area contributed by atoms with Crippen LogP contribution in [-0.2, 0) is 0 Å². The molecule has 1 aromatic heterocycles. The van der Waals surface area contributed by atoms with E-state index in [0.29, 0.717) is 12.1 Å². The van der Waals surface area contributed by atoms with Crippen molar-refractivity contribution in [1.82, 2.24) is 14.1 Å². The maximum Gasteiger partial charge on any atom is 0.129 e. The van der Waals surface area contributed by atoms with E-state index in [1.54, 1.807) is 0 Å². The van der Waals surface area contributed by atoms with Gasteiger partial charge < -0.3 is 10.2 Å². The Morgan fingerprint density at radius 2 is 2.26 bits per heavy atom. The molecule has 2 aromatic rings. The van der Waals surface area contributed by atoms with Gasteiger partial charge >= 0.3 is 0 Å². The third-order valence-corrected chi connectivity index (χ3v) is 4.27. The van der Waals surface area contributed by atoms with E-state index in [-0.39, 0.29) is 0 Å². The molecule has 1 aromatic carbocycles. The van der Waals surface area contributed by atoms with Gasteiger partial charge in [-0.3, -0.25) is 0 Å². The minimum Gasteiger partial charge on any atom is -0.367 e. The fraction of sp³-hybridized carbons (Fsp3) is 0.538. The van der Waals surface area contributed by atoms with Gasteiger partial charge in [-0.1, -0.05) is 25.4 Å². The summed E-state index contributed by atoms with van der Waals surface area (Å²) < 4.78 is 8.68. The number of fused-ring (bicyclic) bond motifs is 1. The van der Waals surface area contributed by atoms with Gasteiger partial charge in [0.25, 0.3) is 0 Å². The Morgan fingerprint density at radius 3 is 3.05 bits per heavy atom. The van der Waals surface area contributed by atoms with Crippen LogP contribution < -0.4 is 10.2 Å². The highest BCUT2D eigenvalue weighted by molar-refractivity contribution is 7.00. The highest BCUT2D eigenvalue weighted by atomic mass is 35.5. The van der Waals surface area contributed by atoms with Crippen LogP contribution in [0.3, 0.4) is 0 Å². The zero-order valence-electron chi connectivity index (χ0n) is 11.1. The van der Waals surface area contributed by atoms with E-state index < -0.39 is 0 Å². The molecule has 0 aliphatic carbocycles. The summed E-state index contributed by atoms with van der Waals surface area (Å²) in [6, 6.07) is 4.89. The molecular formula is C13H17ClN4S. The Balaban J connectivity index is 1.89. The molecule has 0 spiro atoms. The van der Waals surface area contributed by atoms with E-state index in [0.717, 1.165) is 41.3 Å². The molecule has 0 radical (unpaired) electrons. The Labute approximate surface area is 122 Å². The standard InChI is InChI=1S/C13H17ClN4S/c1-8(2)15-9-5-6-18(7-9)13-10(14)3-4-11-12(13)17-19-16-11/h3-4,8-9,15H,5-7H2,1-2H3. The van der Waals surface area contributed by atoms with Gasteiger partial charge in [0.2, 0.25) is 0 Å². The lowest BCUT2D eigenvalue weighted by atomic mass is 10.2. The van der Waals surface area contributed by atoms with Crippen LogP contribution in [-0.4, -0.2) is 33.9 Å². The summed E-state index contributed by atoms with van der Waals surface area (Å²) >= 11 is 7.61. The van der Waals surface area contributed by atoms with E-state index in [2.05, 4.69) is 32.8 Å². The molecule has 19 heavy (non-hydrogen) atoms. The van der Waals surface area contributed by atoms with Crippen LogP contribution in [0.2, 0.25) is 5.02 Å².